The van der Waals surface area contributed by atoms with Crippen LogP contribution in [-0.4, -0.2) is 11.7 Å². The maximum Gasteiger partial charge on any atom is 0.416 e. The zero-order valence-corrected chi connectivity index (χ0v) is 12.3. The van der Waals surface area contributed by atoms with Crippen LogP contribution in [-0.2, 0) is 18.3 Å². The van der Waals surface area contributed by atoms with Crippen LogP contribution in [0.1, 0.15) is 23.6 Å². The maximum atomic E-state index is 12.9. The molecule has 2 nitrogen and oxygen atoms in total. The van der Waals surface area contributed by atoms with Crippen molar-refractivity contribution in [3.8, 4) is 0 Å². The Labute approximate surface area is 125 Å². The van der Waals surface area contributed by atoms with Crippen LogP contribution in [0.4, 0.5) is 13.2 Å². The van der Waals surface area contributed by atoms with Gasteiger partial charge in [-0.2, -0.15) is 24.5 Å². The first-order chi connectivity index (χ1) is 9.81. The lowest BCUT2D eigenvalue weighted by molar-refractivity contribution is -0.138. The molecular weight excluding hydrogens is 299 g/mol. The second-order valence-electron chi connectivity index (χ2n) is 5.04. The van der Waals surface area contributed by atoms with Crippen molar-refractivity contribution in [1.29, 1.82) is 0 Å². The van der Waals surface area contributed by atoms with Crippen LogP contribution in [0.3, 0.4) is 0 Å². The van der Waals surface area contributed by atoms with Gasteiger partial charge in [0.15, 0.2) is 0 Å². The zero-order chi connectivity index (χ0) is 15.5. The molecule has 0 fully saturated rings. The van der Waals surface area contributed by atoms with E-state index in [2.05, 4.69) is 5.32 Å². The summed E-state index contributed by atoms with van der Waals surface area (Å²) >= 11 is 1.47. The third-order valence-corrected chi connectivity index (χ3v) is 3.93. The highest BCUT2D eigenvalue weighted by atomic mass is 32.1. The molecule has 0 radical (unpaired) electrons. The monoisotopic (exact) mass is 315 g/mol. The third-order valence-electron chi connectivity index (χ3n) is 3.25. The minimum absolute atomic E-state index is 0.0516. The second-order valence-corrected chi connectivity index (χ2v) is 5.82. The summed E-state index contributed by atoms with van der Waals surface area (Å²) in [5.41, 5.74) is -0.824. The van der Waals surface area contributed by atoms with Crippen LogP contribution in [0.25, 0.3) is 0 Å². The quantitative estimate of drug-likeness (QED) is 0.880. The molecule has 1 heterocycles. The van der Waals surface area contributed by atoms with E-state index >= 15 is 0 Å². The number of rotatable bonds is 5. The van der Waals surface area contributed by atoms with Crippen molar-refractivity contribution in [3.05, 3.63) is 57.8 Å². The minimum Gasteiger partial charge on any atom is -0.384 e. The normalized spacial score (nSPS) is 14.9. The van der Waals surface area contributed by atoms with E-state index in [0.717, 1.165) is 11.6 Å². The number of halogens is 3. The van der Waals surface area contributed by atoms with E-state index in [4.69, 9.17) is 0 Å². The SMILES string of the molecule is CC(O)(CNCc1ccccc1C(F)(F)F)c1ccsc1. The molecule has 6 heteroatoms. The molecule has 1 aromatic carbocycles. The number of hydrogen-bond donors (Lipinski definition) is 2. The number of nitrogens with one attached hydrogen (secondary N) is 1. The summed E-state index contributed by atoms with van der Waals surface area (Å²) in [6.07, 6.45) is -4.37. The van der Waals surface area contributed by atoms with Gasteiger partial charge in [-0.15, -0.1) is 0 Å². The van der Waals surface area contributed by atoms with E-state index in [1.54, 1.807) is 19.1 Å². The van der Waals surface area contributed by atoms with E-state index in [1.165, 1.54) is 23.5 Å². The second kappa shape index (κ2) is 6.17. The standard InChI is InChI=1S/C15H16F3NOS/c1-14(20,12-6-7-21-9-12)10-19-8-11-4-2-3-5-13(11)15(16,17)18/h2-7,9,19-20H,8,10H2,1H3. The van der Waals surface area contributed by atoms with Crippen molar-refractivity contribution < 1.29 is 18.3 Å². The predicted octanol–water partition coefficient (Wildman–Crippen LogP) is 3.76. The Kier molecular flexibility index (Phi) is 4.70. The van der Waals surface area contributed by atoms with Crippen LogP contribution < -0.4 is 5.32 Å². The Balaban J connectivity index is 2.02. The fourth-order valence-corrected chi connectivity index (χ4v) is 2.85. The smallest absolute Gasteiger partial charge is 0.384 e. The van der Waals surface area contributed by atoms with Gasteiger partial charge in [-0.25, -0.2) is 0 Å². The molecule has 1 aromatic heterocycles. The summed E-state index contributed by atoms with van der Waals surface area (Å²) in [6.45, 7) is 1.86. The molecule has 0 aliphatic heterocycles. The highest BCUT2D eigenvalue weighted by molar-refractivity contribution is 7.08. The molecule has 0 aliphatic rings. The Hall–Kier alpha value is -1.37. The van der Waals surface area contributed by atoms with Gasteiger partial charge in [-0.1, -0.05) is 18.2 Å². The van der Waals surface area contributed by atoms with Crippen molar-refractivity contribution in [2.45, 2.75) is 25.2 Å². The van der Waals surface area contributed by atoms with Crippen molar-refractivity contribution in [1.82, 2.24) is 5.32 Å². The Bertz CT molecular complexity index is 579. The van der Waals surface area contributed by atoms with Crippen LogP contribution in [0.5, 0.6) is 0 Å². The largest absolute Gasteiger partial charge is 0.416 e. The molecule has 1 unspecified atom stereocenters. The number of thiophene rings is 1. The molecule has 0 aliphatic carbocycles. The maximum absolute atomic E-state index is 12.9. The number of hydrogen-bond acceptors (Lipinski definition) is 3. The van der Waals surface area contributed by atoms with Crippen molar-refractivity contribution in [3.63, 3.8) is 0 Å². The molecule has 114 valence electrons. The highest BCUT2D eigenvalue weighted by Crippen LogP contribution is 2.31. The molecule has 0 bridgehead atoms. The molecule has 1 atom stereocenters. The molecule has 0 spiro atoms. The van der Waals surface area contributed by atoms with Crippen LogP contribution in [0.15, 0.2) is 41.1 Å². The minimum atomic E-state index is -4.37. The van der Waals surface area contributed by atoms with Crippen LogP contribution >= 0.6 is 11.3 Å². The van der Waals surface area contributed by atoms with Gasteiger partial charge in [0.25, 0.3) is 0 Å². The fraction of sp³-hybridized carbons (Fsp3) is 0.333. The lowest BCUT2D eigenvalue weighted by atomic mass is 9.99. The molecule has 21 heavy (non-hydrogen) atoms. The summed E-state index contributed by atoms with van der Waals surface area (Å²) < 4.78 is 38.6. The van der Waals surface area contributed by atoms with Crippen molar-refractivity contribution in [2.75, 3.05) is 6.54 Å². The molecule has 0 amide bonds. The lowest BCUT2D eigenvalue weighted by Crippen LogP contribution is -2.35. The zero-order valence-electron chi connectivity index (χ0n) is 11.4. The molecule has 0 saturated heterocycles. The first kappa shape index (κ1) is 16.0. The van der Waals surface area contributed by atoms with Gasteiger partial charge in [0, 0.05) is 13.1 Å². The van der Waals surface area contributed by atoms with Crippen LogP contribution in [0.2, 0.25) is 0 Å². The Morgan fingerprint density at radius 1 is 1.19 bits per heavy atom. The number of aliphatic hydroxyl groups is 1. The van der Waals surface area contributed by atoms with E-state index < -0.39 is 17.3 Å². The lowest BCUT2D eigenvalue weighted by Gasteiger charge is -2.23. The van der Waals surface area contributed by atoms with Gasteiger partial charge in [0.2, 0.25) is 0 Å². The van der Waals surface area contributed by atoms with Gasteiger partial charge < -0.3 is 10.4 Å². The van der Waals surface area contributed by atoms with E-state index in [-0.39, 0.29) is 18.7 Å². The average molecular weight is 315 g/mol. The molecule has 2 N–H and O–H groups in total. The molecular formula is C15H16F3NOS. The van der Waals surface area contributed by atoms with Crippen LogP contribution in [0, 0.1) is 0 Å². The summed E-state index contributed by atoms with van der Waals surface area (Å²) in [5, 5.41) is 16.9. The van der Waals surface area contributed by atoms with Gasteiger partial charge in [0.05, 0.1) is 11.2 Å². The van der Waals surface area contributed by atoms with E-state index in [9.17, 15) is 18.3 Å². The van der Waals surface area contributed by atoms with Gasteiger partial charge in [-0.3, -0.25) is 0 Å². The predicted molar refractivity (Wildman–Crippen MR) is 77.0 cm³/mol. The van der Waals surface area contributed by atoms with Crippen molar-refractivity contribution in [2.24, 2.45) is 0 Å². The molecule has 2 rings (SSSR count). The summed E-state index contributed by atoms with van der Waals surface area (Å²) in [7, 11) is 0. The number of benzene rings is 1. The number of alkyl halides is 3. The first-order valence-corrected chi connectivity index (χ1v) is 7.36. The van der Waals surface area contributed by atoms with Crippen molar-refractivity contribution >= 4 is 11.3 Å². The fourth-order valence-electron chi connectivity index (χ4n) is 2.06. The summed E-state index contributed by atoms with van der Waals surface area (Å²) in [5.74, 6) is 0. The molecule has 0 saturated carbocycles. The Morgan fingerprint density at radius 2 is 1.90 bits per heavy atom. The van der Waals surface area contributed by atoms with Gasteiger partial charge in [0.1, 0.15) is 0 Å². The average Bonchev–Trinajstić information content (AvgIpc) is 2.92. The third kappa shape index (κ3) is 4.06. The first-order valence-electron chi connectivity index (χ1n) is 6.41. The topological polar surface area (TPSA) is 32.3 Å². The molecule has 2 aromatic rings. The summed E-state index contributed by atoms with van der Waals surface area (Å²) in [6, 6.07) is 7.25. The highest BCUT2D eigenvalue weighted by Gasteiger charge is 2.33. The summed E-state index contributed by atoms with van der Waals surface area (Å²) in [4.78, 5) is 0. The van der Waals surface area contributed by atoms with E-state index in [0.29, 0.717) is 0 Å². The van der Waals surface area contributed by atoms with Gasteiger partial charge >= 0.3 is 6.18 Å². The van der Waals surface area contributed by atoms with Gasteiger partial charge in [-0.05, 0) is 40.9 Å². The van der Waals surface area contributed by atoms with E-state index in [1.807, 2.05) is 10.8 Å². The Morgan fingerprint density at radius 3 is 2.52 bits per heavy atom.